The zero-order valence-electron chi connectivity index (χ0n) is 17.2. The minimum atomic E-state index is -4.45. The minimum Gasteiger partial charge on any atom is -0.358 e. The van der Waals surface area contributed by atoms with E-state index < -0.39 is 28.4 Å². The van der Waals surface area contributed by atoms with E-state index >= 15 is 0 Å². The van der Waals surface area contributed by atoms with Crippen LogP contribution in [0.3, 0.4) is 0 Å². The molecule has 2 aromatic heterocycles. The highest BCUT2D eigenvalue weighted by Gasteiger charge is 2.30. The Hall–Kier alpha value is -3.22. The molecule has 0 radical (unpaired) electrons. The molecule has 0 spiro atoms. The van der Waals surface area contributed by atoms with Crippen LogP contribution in [0.1, 0.15) is 28.2 Å². The summed E-state index contributed by atoms with van der Waals surface area (Å²) in [5.74, 6) is -0.876. The van der Waals surface area contributed by atoms with Crippen molar-refractivity contribution in [3.05, 3.63) is 67.1 Å². The first-order chi connectivity index (χ1) is 14.9. The summed E-state index contributed by atoms with van der Waals surface area (Å²) in [6.45, 7) is 4.75. The Morgan fingerprint density at radius 2 is 1.88 bits per heavy atom. The molecule has 0 aliphatic carbocycles. The Bertz CT molecular complexity index is 1200. The van der Waals surface area contributed by atoms with Gasteiger partial charge in [0.15, 0.2) is 0 Å². The summed E-state index contributed by atoms with van der Waals surface area (Å²) in [7, 11) is 0. The number of amides is 1. The van der Waals surface area contributed by atoms with Crippen molar-refractivity contribution in [1.29, 1.82) is 0 Å². The van der Waals surface area contributed by atoms with Crippen molar-refractivity contribution in [2.24, 2.45) is 0 Å². The zero-order valence-corrected chi connectivity index (χ0v) is 18.8. The van der Waals surface area contributed by atoms with Crippen LogP contribution in [0.4, 0.5) is 24.7 Å². The topological polar surface area (TPSA) is 108 Å². The van der Waals surface area contributed by atoms with Crippen LogP contribution in [0.25, 0.3) is 0 Å². The lowest BCUT2D eigenvalue weighted by atomic mass is 10.1. The van der Waals surface area contributed by atoms with Crippen LogP contribution in [0, 0.1) is 30.9 Å². The molecule has 0 fully saturated rings. The van der Waals surface area contributed by atoms with Crippen LogP contribution < -0.4 is 5.32 Å². The van der Waals surface area contributed by atoms with Gasteiger partial charge in [-0.3, -0.25) is 9.48 Å². The molecule has 0 aliphatic rings. The van der Waals surface area contributed by atoms with E-state index in [4.69, 9.17) is 0 Å². The van der Waals surface area contributed by atoms with E-state index in [0.29, 0.717) is 28.3 Å². The Morgan fingerprint density at radius 3 is 2.47 bits per heavy atom. The Kier molecular flexibility index (Phi) is 6.39. The summed E-state index contributed by atoms with van der Waals surface area (Å²) in [5.41, 5.74) is 1.53. The maximum atomic E-state index is 13.0. The molecule has 2 heterocycles. The average molecular weight is 515 g/mol. The standard InChI is InChI=1S/C19H18BrF3N6O3/c1-10-17(24-15(30)9-28-11(2)16(20)18(26-28)29(31)32)12(3)27(25-10)8-13-5-4-6-14(7-13)19(21,22)23/h4-7H,8-9H2,1-3H3,(H,24,30). The number of alkyl halides is 3. The van der Waals surface area contributed by atoms with Gasteiger partial charge in [-0.25, -0.2) is 0 Å². The number of aryl methyl sites for hydroxylation is 1. The molecule has 0 atom stereocenters. The number of hydrogen-bond donors (Lipinski definition) is 1. The van der Waals surface area contributed by atoms with Crippen LogP contribution in [0.15, 0.2) is 28.7 Å². The number of nitro groups is 1. The predicted octanol–water partition coefficient (Wildman–Crippen LogP) is 4.38. The van der Waals surface area contributed by atoms with Crippen molar-refractivity contribution in [2.45, 2.75) is 40.0 Å². The van der Waals surface area contributed by atoms with Gasteiger partial charge in [-0.2, -0.15) is 23.0 Å². The van der Waals surface area contributed by atoms with E-state index in [0.717, 1.165) is 12.1 Å². The van der Waals surface area contributed by atoms with Gasteiger partial charge in [0.2, 0.25) is 5.91 Å². The van der Waals surface area contributed by atoms with E-state index in [-0.39, 0.29) is 17.6 Å². The second-order valence-electron chi connectivity index (χ2n) is 7.09. The maximum absolute atomic E-state index is 13.0. The van der Waals surface area contributed by atoms with Crippen LogP contribution in [-0.2, 0) is 24.1 Å². The average Bonchev–Trinajstić information content (AvgIpc) is 3.12. The molecular weight excluding hydrogens is 497 g/mol. The molecule has 3 rings (SSSR count). The van der Waals surface area contributed by atoms with Gasteiger partial charge >= 0.3 is 12.0 Å². The Labute approximate surface area is 188 Å². The molecule has 13 heteroatoms. The first-order valence-corrected chi connectivity index (χ1v) is 10.0. The molecule has 32 heavy (non-hydrogen) atoms. The second kappa shape index (κ2) is 8.73. The number of anilines is 1. The van der Waals surface area contributed by atoms with E-state index in [2.05, 4.69) is 31.4 Å². The zero-order chi connectivity index (χ0) is 23.8. The van der Waals surface area contributed by atoms with Crippen molar-refractivity contribution < 1.29 is 22.9 Å². The summed E-state index contributed by atoms with van der Waals surface area (Å²) in [6, 6.07) is 4.95. The molecule has 3 aromatic rings. The van der Waals surface area contributed by atoms with E-state index in [1.54, 1.807) is 26.8 Å². The molecule has 9 nitrogen and oxygen atoms in total. The minimum absolute atomic E-state index is 0.0872. The third-order valence-corrected chi connectivity index (χ3v) is 5.74. The number of nitrogens with one attached hydrogen (secondary N) is 1. The van der Waals surface area contributed by atoms with Crippen molar-refractivity contribution in [1.82, 2.24) is 19.6 Å². The van der Waals surface area contributed by atoms with Crippen LogP contribution in [0.2, 0.25) is 0 Å². The van der Waals surface area contributed by atoms with Gasteiger partial charge in [0, 0.05) is 0 Å². The van der Waals surface area contributed by atoms with Gasteiger partial charge in [-0.1, -0.05) is 12.1 Å². The molecule has 0 bridgehead atoms. The number of nitrogens with zero attached hydrogens (tertiary/aromatic N) is 5. The van der Waals surface area contributed by atoms with E-state index in [1.807, 2.05) is 0 Å². The molecule has 0 unspecified atom stereocenters. The Morgan fingerprint density at radius 1 is 1.19 bits per heavy atom. The second-order valence-corrected chi connectivity index (χ2v) is 7.88. The van der Waals surface area contributed by atoms with Gasteiger partial charge in [-0.15, -0.1) is 0 Å². The monoisotopic (exact) mass is 514 g/mol. The fraction of sp³-hybridized carbons (Fsp3) is 0.316. The van der Waals surface area contributed by atoms with Crippen LogP contribution >= 0.6 is 15.9 Å². The first-order valence-electron chi connectivity index (χ1n) is 9.25. The number of benzene rings is 1. The fourth-order valence-corrected chi connectivity index (χ4v) is 3.57. The quantitative estimate of drug-likeness (QED) is 0.387. The highest BCUT2D eigenvalue weighted by atomic mass is 79.9. The van der Waals surface area contributed by atoms with Crippen molar-refractivity contribution in [2.75, 3.05) is 5.32 Å². The summed E-state index contributed by atoms with van der Waals surface area (Å²) in [4.78, 5) is 22.9. The summed E-state index contributed by atoms with van der Waals surface area (Å²) < 4.78 is 41.8. The number of rotatable bonds is 6. The molecule has 170 valence electrons. The van der Waals surface area contributed by atoms with Crippen molar-refractivity contribution in [3.8, 4) is 0 Å². The van der Waals surface area contributed by atoms with Crippen molar-refractivity contribution in [3.63, 3.8) is 0 Å². The molecule has 1 aromatic carbocycles. The maximum Gasteiger partial charge on any atom is 0.416 e. The molecule has 0 saturated heterocycles. The van der Waals surface area contributed by atoms with Gasteiger partial charge in [0.25, 0.3) is 0 Å². The predicted molar refractivity (Wildman–Crippen MR) is 112 cm³/mol. The van der Waals surface area contributed by atoms with Gasteiger partial charge in [-0.05, 0) is 59.3 Å². The normalized spacial score (nSPS) is 11.6. The first kappa shape index (κ1) is 23.4. The van der Waals surface area contributed by atoms with Gasteiger partial charge in [0.1, 0.15) is 11.0 Å². The van der Waals surface area contributed by atoms with E-state index in [1.165, 1.54) is 15.4 Å². The fourth-order valence-electron chi connectivity index (χ4n) is 3.14. The molecule has 0 aliphatic heterocycles. The number of carbonyl (C=O) groups excluding carboxylic acids is 1. The molecule has 1 amide bonds. The lowest BCUT2D eigenvalue weighted by Crippen LogP contribution is -2.21. The van der Waals surface area contributed by atoms with Gasteiger partial charge < -0.3 is 15.4 Å². The smallest absolute Gasteiger partial charge is 0.358 e. The lowest BCUT2D eigenvalue weighted by Gasteiger charge is -2.10. The molecular formula is C19H18BrF3N6O3. The third-order valence-electron chi connectivity index (χ3n) is 4.82. The highest BCUT2D eigenvalue weighted by Crippen LogP contribution is 2.30. The molecule has 0 saturated carbocycles. The summed E-state index contributed by atoms with van der Waals surface area (Å²) >= 11 is 3.09. The Balaban J connectivity index is 1.78. The highest BCUT2D eigenvalue weighted by molar-refractivity contribution is 9.10. The number of carbonyl (C=O) groups is 1. The summed E-state index contributed by atoms with van der Waals surface area (Å²) in [5, 5.41) is 21.9. The third kappa shape index (κ3) is 4.82. The van der Waals surface area contributed by atoms with Gasteiger partial charge in [0.05, 0.1) is 40.0 Å². The summed E-state index contributed by atoms with van der Waals surface area (Å²) in [6.07, 6.45) is -4.45. The molecule has 1 N–H and O–H groups in total. The van der Waals surface area contributed by atoms with E-state index in [9.17, 15) is 28.1 Å². The SMILES string of the molecule is Cc1nn(Cc2cccc(C(F)(F)F)c2)c(C)c1NC(=O)Cn1nc([N+](=O)[O-])c(Br)c1C. The lowest BCUT2D eigenvalue weighted by molar-refractivity contribution is -0.390. The largest absolute Gasteiger partial charge is 0.416 e. The number of hydrogen-bond acceptors (Lipinski definition) is 5. The van der Waals surface area contributed by atoms with Crippen LogP contribution in [0.5, 0.6) is 0 Å². The number of halogens is 4. The van der Waals surface area contributed by atoms with Crippen LogP contribution in [-0.4, -0.2) is 30.4 Å². The van der Waals surface area contributed by atoms with Crippen molar-refractivity contribution >= 4 is 33.3 Å². The number of aromatic nitrogens is 4.